The Labute approximate surface area is 272 Å². The maximum atomic E-state index is 12.9. The fourth-order valence-corrected chi connectivity index (χ4v) is 11.7. The van der Waals surface area contributed by atoms with Gasteiger partial charge in [-0.1, -0.05) is 53.7 Å². The molecule has 10 heteroatoms. The van der Waals surface area contributed by atoms with Crippen LogP contribution in [-0.4, -0.2) is 97.8 Å². The van der Waals surface area contributed by atoms with Gasteiger partial charge in [0.1, 0.15) is 24.4 Å². The molecule has 0 aromatic heterocycles. The van der Waals surface area contributed by atoms with E-state index in [1.807, 2.05) is 6.92 Å². The highest BCUT2D eigenvalue weighted by atomic mass is 16.7. The summed E-state index contributed by atoms with van der Waals surface area (Å²) in [5.74, 6) is -0.752. The van der Waals surface area contributed by atoms with Crippen molar-refractivity contribution in [3.63, 3.8) is 0 Å². The number of rotatable bonds is 5. The third kappa shape index (κ3) is 4.54. The molecular weight excluding hydrogens is 592 g/mol. The normalized spacial score (nSPS) is 53.1. The number of carboxylic acids is 1. The molecule has 260 valence electrons. The Kier molecular flexibility index (Phi) is 8.30. The lowest BCUT2D eigenvalue weighted by Crippen LogP contribution is -2.69. The third-order valence-electron chi connectivity index (χ3n) is 14.6. The first-order valence-corrected chi connectivity index (χ1v) is 17.3. The Morgan fingerprint density at radius 1 is 0.935 bits per heavy atom. The molecule has 1 saturated heterocycles. The van der Waals surface area contributed by atoms with E-state index in [1.54, 1.807) is 0 Å². The predicted molar refractivity (Wildman–Crippen MR) is 168 cm³/mol. The van der Waals surface area contributed by atoms with E-state index in [0.717, 1.165) is 37.7 Å². The van der Waals surface area contributed by atoms with Gasteiger partial charge in [-0.05, 0) is 96.0 Å². The maximum absolute atomic E-state index is 12.9. The summed E-state index contributed by atoms with van der Waals surface area (Å²) in [6, 6.07) is 0. The Bertz CT molecular complexity index is 1290. The number of carboxylic acid groups (broad SMARTS) is 1. The molecule has 0 amide bonds. The van der Waals surface area contributed by atoms with Crippen molar-refractivity contribution in [2.24, 2.45) is 44.3 Å². The van der Waals surface area contributed by atoms with Gasteiger partial charge in [0.2, 0.25) is 0 Å². The number of ether oxygens (including phenoxy) is 2. The second-order valence-corrected chi connectivity index (χ2v) is 17.5. The van der Waals surface area contributed by atoms with Crippen LogP contribution in [0.25, 0.3) is 0 Å². The van der Waals surface area contributed by atoms with Gasteiger partial charge in [0, 0.05) is 5.41 Å². The molecule has 10 nitrogen and oxygen atoms in total. The van der Waals surface area contributed by atoms with Gasteiger partial charge in [-0.15, -0.1) is 0 Å². The first kappa shape index (κ1) is 34.5. The lowest BCUT2D eigenvalue weighted by Gasteiger charge is -2.70. The van der Waals surface area contributed by atoms with Crippen LogP contribution in [0.1, 0.15) is 92.9 Å². The summed E-state index contributed by atoms with van der Waals surface area (Å²) in [5, 5.41) is 74.5. The number of hydrogen-bond acceptors (Lipinski definition) is 9. The van der Waals surface area contributed by atoms with Gasteiger partial charge in [-0.3, -0.25) is 4.79 Å². The molecule has 46 heavy (non-hydrogen) atoms. The van der Waals surface area contributed by atoms with Gasteiger partial charge in [0.15, 0.2) is 6.29 Å². The molecule has 1 heterocycles. The molecule has 0 spiro atoms. The smallest absolute Gasteiger partial charge is 0.313 e. The molecule has 0 radical (unpaired) electrons. The zero-order valence-electron chi connectivity index (χ0n) is 28.3. The van der Waals surface area contributed by atoms with Crippen molar-refractivity contribution < 1.29 is 50.0 Å². The van der Waals surface area contributed by atoms with E-state index in [1.165, 1.54) is 5.57 Å². The average Bonchev–Trinajstić information content (AvgIpc) is 2.98. The lowest BCUT2D eigenvalue weighted by atomic mass is 9.35. The fraction of sp³-hybridized carbons (Fsp3) is 0.861. The summed E-state index contributed by atoms with van der Waals surface area (Å²) in [6.07, 6.45) is 0.872. The van der Waals surface area contributed by atoms with Crippen LogP contribution in [0.2, 0.25) is 0 Å². The number of carbonyl (C=O) groups is 1. The predicted octanol–water partition coefficient (Wildman–Crippen LogP) is 2.92. The molecular formula is C36H56O10. The van der Waals surface area contributed by atoms with E-state index in [4.69, 9.17) is 9.47 Å². The van der Waals surface area contributed by atoms with Crippen molar-refractivity contribution in [1.29, 1.82) is 0 Å². The summed E-state index contributed by atoms with van der Waals surface area (Å²) in [4.78, 5) is 12.9. The Hall–Kier alpha value is -1.37. The SMILES string of the molecule is CC1(C)CCC2(C(=O)O)CCC3(C)C(=C2C1)C=CC1C2(C)CC(O)C(OC4OC(CO)C(O)C(O)C4O)C(C)(CO)C2CCC13C. The number of hydrogen-bond donors (Lipinski definition) is 7. The van der Waals surface area contributed by atoms with Crippen molar-refractivity contribution in [3.8, 4) is 0 Å². The number of allylic oxidation sites excluding steroid dienone is 3. The van der Waals surface area contributed by atoms with Gasteiger partial charge in [-0.2, -0.15) is 0 Å². The molecule has 1 aliphatic heterocycles. The van der Waals surface area contributed by atoms with Gasteiger partial charge in [0.25, 0.3) is 0 Å². The van der Waals surface area contributed by atoms with Crippen LogP contribution in [0.4, 0.5) is 0 Å². The van der Waals surface area contributed by atoms with Gasteiger partial charge < -0.3 is 45.2 Å². The summed E-state index contributed by atoms with van der Waals surface area (Å²) < 4.78 is 11.9. The molecule has 6 aliphatic rings. The van der Waals surface area contributed by atoms with Gasteiger partial charge in [0.05, 0.1) is 30.8 Å². The van der Waals surface area contributed by atoms with E-state index in [9.17, 15) is 40.5 Å². The lowest BCUT2D eigenvalue weighted by molar-refractivity contribution is -0.344. The molecule has 3 saturated carbocycles. The zero-order valence-corrected chi connectivity index (χ0v) is 28.3. The summed E-state index contributed by atoms with van der Waals surface area (Å²) in [6.45, 7) is 12.4. The van der Waals surface area contributed by atoms with Crippen LogP contribution >= 0.6 is 0 Å². The minimum absolute atomic E-state index is 0.0289. The maximum Gasteiger partial charge on any atom is 0.313 e. The van der Waals surface area contributed by atoms with Crippen LogP contribution in [-0.2, 0) is 14.3 Å². The quantitative estimate of drug-likeness (QED) is 0.219. The molecule has 14 atom stereocenters. The monoisotopic (exact) mass is 648 g/mol. The largest absolute Gasteiger partial charge is 0.481 e. The second kappa shape index (κ2) is 11.1. The van der Waals surface area contributed by atoms with Crippen LogP contribution in [0, 0.1) is 44.3 Å². The Morgan fingerprint density at radius 3 is 2.24 bits per heavy atom. The van der Waals surface area contributed by atoms with Gasteiger partial charge in [-0.25, -0.2) is 0 Å². The molecule has 7 N–H and O–H groups in total. The van der Waals surface area contributed by atoms with Crippen molar-refractivity contribution in [2.75, 3.05) is 13.2 Å². The molecule has 4 fully saturated rings. The van der Waals surface area contributed by atoms with E-state index < -0.39 is 71.7 Å². The number of aliphatic hydroxyl groups is 6. The first-order valence-electron chi connectivity index (χ1n) is 17.3. The van der Waals surface area contributed by atoms with Crippen molar-refractivity contribution in [3.05, 3.63) is 23.3 Å². The third-order valence-corrected chi connectivity index (χ3v) is 14.6. The molecule has 0 aromatic carbocycles. The van der Waals surface area contributed by atoms with E-state index in [0.29, 0.717) is 19.3 Å². The van der Waals surface area contributed by atoms with Crippen LogP contribution in [0.3, 0.4) is 0 Å². The van der Waals surface area contributed by atoms with Gasteiger partial charge >= 0.3 is 5.97 Å². The highest BCUT2D eigenvalue weighted by molar-refractivity contribution is 5.80. The molecule has 14 unspecified atom stereocenters. The van der Waals surface area contributed by atoms with E-state index in [-0.39, 0.29) is 34.7 Å². The average molecular weight is 649 g/mol. The Morgan fingerprint density at radius 2 is 1.61 bits per heavy atom. The van der Waals surface area contributed by atoms with Crippen molar-refractivity contribution in [1.82, 2.24) is 0 Å². The zero-order chi connectivity index (χ0) is 33.8. The minimum Gasteiger partial charge on any atom is -0.481 e. The summed E-state index contributed by atoms with van der Waals surface area (Å²) in [7, 11) is 0. The summed E-state index contributed by atoms with van der Waals surface area (Å²) >= 11 is 0. The molecule has 0 bridgehead atoms. The van der Waals surface area contributed by atoms with Crippen LogP contribution < -0.4 is 0 Å². The van der Waals surface area contributed by atoms with E-state index in [2.05, 4.69) is 46.8 Å². The van der Waals surface area contributed by atoms with Crippen molar-refractivity contribution in [2.45, 2.75) is 136 Å². The topological polar surface area (TPSA) is 177 Å². The van der Waals surface area contributed by atoms with Crippen molar-refractivity contribution >= 4 is 5.97 Å². The second-order valence-electron chi connectivity index (χ2n) is 17.5. The highest BCUT2D eigenvalue weighted by Gasteiger charge is 2.69. The minimum atomic E-state index is -1.61. The molecule has 5 aliphatic carbocycles. The summed E-state index contributed by atoms with van der Waals surface area (Å²) in [5.41, 5.74) is -0.356. The van der Waals surface area contributed by atoms with Crippen LogP contribution in [0.15, 0.2) is 23.3 Å². The number of fused-ring (bicyclic) bond motifs is 6. The number of aliphatic carboxylic acids is 1. The Balaban J connectivity index is 1.38. The van der Waals surface area contributed by atoms with E-state index >= 15 is 0 Å². The first-order chi connectivity index (χ1) is 21.3. The molecule has 0 aromatic rings. The van der Waals surface area contributed by atoms with Crippen LogP contribution in [0.5, 0.6) is 0 Å². The molecule has 6 rings (SSSR count). The number of aliphatic hydroxyl groups excluding tert-OH is 6. The highest BCUT2D eigenvalue weighted by Crippen LogP contribution is 2.74. The standard InChI is InChI=1S/C36H56O10/c1-31(2)11-13-36(30(43)44)14-12-34(5)19(20(36)15-31)7-8-24-32(3)16-21(39)28(33(4,18-38)23(32)9-10-35(24,34)6)46-29-27(42)26(41)25(40)22(17-37)45-29/h7-8,21-29,37-42H,9-18H2,1-6H3,(H,43,44). The fourth-order valence-electron chi connectivity index (χ4n) is 11.7.